The number of piperazine rings is 1. The van der Waals surface area contributed by atoms with Crippen molar-refractivity contribution in [2.75, 3.05) is 39.4 Å². The predicted octanol–water partition coefficient (Wildman–Crippen LogP) is 2.46. The van der Waals surface area contributed by atoms with Crippen molar-refractivity contribution < 1.29 is 22.7 Å². The fourth-order valence-corrected chi connectivity index (χ4v) is 5.81. The molecule has 29 heavy (non-hydrogen) atoms. The molecular weight excluding hydrogens is 412 g/mol. The first-order valence-electron chi connectivity index (χ1n) is 9.44. The Morgan fingerprint density at radius 2 is 1.79 bits per heavy atom. The molecule has 0 atom stereocenters. The van der Waals surface area contributed by atoms with Crippen LogP contribution in [-0.4, -0.2) is 62.9 Å². The minimum absolute atomic E-state index is 0.134. The number of fused-ring (bicyclic) bond motifs is 1. The van der Waals surface area contributed by atoms with Crippen molar-refractivity contribution in [1.29, 1.82) is 0 Å². The molecule has 7 nitrogen and oxygen atoms in total. The van der Waals surface area contributed by atoms with E-state index in [1.807, 2.05) is 18.2 Å². The van der Waals surface area contributed by atoms with E-state index < -0.39 is 10.0 Å². The molecule has 1 saturated heterocycles. The molecule has 2 aliphatic heterocycles. The van der Waals surface area contributed by atoms with Gasteiger partial charge in [-0.3, -0.25) is 4.79 Å². The van der Waals surface area contributed by atoms with Crippen molar-refractivity contribution in [3.63, 3.8) is 0 Å². The topological polar surface area (TPSA) is 76.2 Å². The monoisotopic (exact) mass is 434 g/mol. The molecule has 1 fully saturated rings. The molecule has 0 spiro atoms. The van der Waals surface area contributed by atoms with Crippen LogP contribution in [0.3, 0.4) is 0 Å². The lowest BCUT2D eigenvalue weighted by molar-refractivity contribution is -0.127. The number of hydrogen-bond donors (Lipinski definition) is 0. The fourth-order valence-electron chi connectivity index (χ4n) is 3.24. The summed E-state index contributed by atoms with van der Waals surface area (Å²) in [5.74, 6) is 1.27. The van der Waals surface area contributed by atoms with Crippen LogP contribution < -0.4 is 9.47 Å². The molecule has 1 aromatic carbocycles. The van der Waals surface area contributed by atoms with E-state index in [-0.39, 0.29) is 5.91 Å². The van der Waals surface area contributed by atoms with Crippen molar-refractivity contribution in [2.24, 2.45) is 0 Å². The van der Waals surface area contributed by atoms with Gasteiger partial charge >= 0.3 is 0 Å². The number of amides is 1. The lowest BCUT2D eigenvalue weighted by Crippen LogP contribution is -2.50. The largest absolute Gasteiger partial charge is 0.490 e. The third-order valence-electron chi connectivity index (χ3n) is 4.83. The number of sulfonamides is 1. The van der Waals surface area contributed by atoms with E-state index in [0.29, 0.717) is 55.1 Å². The Kier molecular flexibility index (Phi) is 5.89. The molecule has 1 aromatic heterocycles. The van der Waals surface area contributed by atoms with Crippen LogP contribution in [0, 0.1) is 0 Å². The molecule has 4 rings (SSSR count). The number of carbonyl (C=O) groups is 1. The number of hydrogen-bond acceptors (Lipinski definition) is 6. The van der Waals surface area contributed by atoms with E-state index in [9.17, 15) is 13.2 Å². The summed E-state index contributed by atoms with van der Waals surface area (Å²) >= 11 is 1.21. The highest BCUT2D eigenvalue weighted by Gasteiger charge is 2.30. The zero-order valence-corrected chi connectivity index (χ0v) is 17.5. The van der Waals surface area contributed by atoms with Crippen molar-refractivity contribution >= 4 is 33.3 Å². The van der Waals surface area contributed by atoms with Gasteiger partial charge in [0.15, 0.2) is 11.5 Å². The zero-order chi connectivity index (χ0) is 20.3. The van der Waals surface area contributed by atoms with Crippen LogP contribution >= 0.6 is 11.3 Å². The smallest absolute Gasteiger partial charge is 0.252 e. The summed E-state index contributed by atoms with van der Waals surface area (Å²) in [4.78, 5) is 14.2. The maximum absolute atomic E-state index is 12.6. The van der Waals surface area contributed by atoms with Crippen LogP contribution in [-0.2, 0) is 14.8 Å². The second-order valence-electron chi connectivity index (χ2n) is 6.75. The van der Waals surface area contributed by atoms with Gasteiger partial charge in [0.05, 0.1) is 13.2 Å². The maximum Gasteiger partial charge on any atom is 0.252 e. The van der Waals surface area contributed by atoms with E-state index in [0.717, 1.165) is 12.0 Å². The molecule has 1 amide bonds. The van der Waals surface area contributed by atoms with E-state index >= 15 is 0 Å². The number of nitrogens with zero attached hydrogens (tertiary/aromatic N) is 2. The highest BCUT2D eigenvalue weighted by Crippen LogP contribution is 2.30. The second kappa shape index (κ2) is 8.56. The average molecular weight is 435 g/mol. The Morgan fingerprint density at radius 3 is 2.52 bits per heavy atom. The Balaban J connectivity index is 1.36. The van der Waals surface area contributed by atoms with Crippen LogP contribution in [0.5, 0.6) is 11.5 Å². The summed E-state index contributed by atoms with van der Waals surface area (Å²) in [6, 6.07) is 8.91. The summed E-state index contributed by atoms with van der Waals surface area (Å²) in [5, 5.41) is 1.75. The van der Waals surface area contributed by atoms with E-state index in [2.05, 4.69) is 0 Å². The second-order valence-corrected chi connectivity index (χ2v) is 9.86. The van der Waals surface area contributed by atoms with Gasteiger partial charge in [0.1, 0.15) is 4.21 Å². The summed E-state index contributed by atoms with van der Waals surface area (Å²) < 4.78 is 38.2. The van der Waals surface area contributed by atoms with Crippen molar-refractivity contribution in [2.45, 2.75) is 10.6 Å². The first kappa shape index (κ1) is 19.9. The molecule has 154 valence electrons. The quantitative estimate of drug-likeness (QED) is 0.691. The standard InChI is InChI=1S/C20H22N2O5S2/c23-19(7-5-16-4-6-17-18(15-16)27-13-2-12-26-17)21-8-10-22(11-9-21)29(24,25)20-3-1-14-28-20/h1,3-7,14-15H,2,8-13H2. The van der Waals surface area contributed by atoms with E-state index in [1.165, 1.54) is 21.7 Å². The van der Waals surface area contributed by atoms with E-state index in [1.54, 1.807) is 28.5 Å². The van der Waals surface area contributed by atoms with Crippen LogP contribution in [0.25, 0.3) is 6.08 Å². The van der Waals surface area contributed by atoms with Gasteiger partial charge in [-0.15, -0.1) is 11.3 Å². The molecule has 0 aliphatic carbocycles. The van der Waals surface area contributed by atoms with E-state index in [4.69, 9.17) is 9.47 Å². The van der Waals surface area contributed by atoms with Gasteiger partial charge in [-0.2, -0.15) is 4.31 Å². The predicted molar refractivity (Wildman–Crippen MR) is 111 cm³/mol. The summed E-state index contributed by atoms with van der Waals surface area (Å²) in [7, 11) is -3.46. The van der Waals surface area contributed by atoms with Crippen LogP contribution in [0.15, 0.2) is 46.0 Å². The maximum atomic E-state index is 12.6. The van der Waals surface area contributed by atoms with Crippen LogP contribution in [0.2, 0.25) is 0 Å². The summed E-state index contributed by atoms with van der Waals surface area (Å²) in [5.41, 5.74) is 0.849. The Morgan fingerprint density at radius 1 is 1.03 bits per heavy atom. The van der Waals surface area contributed by atoms with Gasteiger partial charge in [-0.05, 0) is 35.2 Å². The fraction of sp³-hybridized carbons (Fsp3) is 0.350. The van der Waals surface area contributed by atoms with Gasteiger partial charge in [0, 0.05) is 38.7 Å². The lowest BCUT2D eigenvalue weighted by atomic mass is 10.2. The third-order valence-corrected chi connectivity index (χ3v) is 8.10. The molecule has 3 heterocycles. The van der Waals surface area contributed by atoms with Gasteiger partial charge in [0.2, 0.25) is 5.91 Å². The third kappa shape index (κ3) is 4.47. The van der Waals surface area contributed by atoms with Crippen molar-refractivity contribution in [3.05, 3.63) is 47.4 Å². The Labute approximate surface area is 174 Å². The first-order valence-corrected chi connectivity index (χ1v) is 11.8. The van der Waals surface area contributed by atoms with Crippen molar-refractivity contribution in [3.8, 4) is 11.5 Å². The van der Waals surface area contributed by atoms with Crippen molar-refractivity contribution in [1.82, 2.24) is 9.21 Å². The van der Waals surface area contributed by atoms with Gasteiger partial charge < -0.3 is 14.4 Å². The summed E-state index contributed by atoms with van der Waals surface area (Å²) in [6.07, 6.45) is 4.10. The van der Waals surface area contributed by atoms with Crippen LogP contribution in [0.4, 0.5) is 0 Å². The molecule has 2 aliphatic rings. The molecule has 0 saturated carbocycles. The number of benzene rings is 1. The normalized spacial score (nSPS) is 18.0. The van der Waals surface area contributed by atoms with Crippen LogP contribution in [0.1, 0.15) is 12.0 Å². The van der Waals surface area contributed by atoms with Gasteiger partial charge in [0.25, 0.3) is 10.0 Å². The average Bonchev–Trinajstić information content (AvgIpc) is 3.19. The lowest BCUT2D eigenvalue weighted by Gasteiger charge is -2.33. The molecule has 2 aromatic rings. The Hall–Kier alpha value is -2.36. The highest BCUT2D eigenvalue weighted by molar-refractivity contribution is 7.91. The molecule has 0 radical (unpaired) electrons. The first-order chi connectivity index (χ1) is 14.0. The molecule has 0 bridgehead atoms. The molecular formula is C20H22N2O5S2. The molecule has 9 heteroatoms. The number of thiophene rings is 1. The highest BCUT2D eigenvalue weighted by atomic mass is 32.2. The minimum atomic E-state index is -3.46. The number of ether oxygens (including phenoxy) is 2. The molecule has 0 N–H and O–H groups in total. The Bertz CT molecular complexity index is 994. The SMILES string of the molecule is O=C(C=Cc1ccc2c(c1)OCCCO2)N1CCN(S(=O)(=O)c2cccs2)CC1. The number of rotatable bonds is 4. The van der Waals surface area contributed by atoms with Gasteiger partial charge in [-0.25, -0.2) is 8.42 Å². The zero-order valence-electron chi connectivity index (χ0n) is 15.8. The molecule has 0 unspecified atom stereocenters. The summed E-state index contributed by atoms with van der Waals surface area (Å²) in [6.45, 7) is 2.57. The minimum Gasteiger partial charge on any atom is -0.490 e. The number of carbonyl (C=O) groups excluding carboxylic acids is 1. The van der Waals surface area contributed by atoms with Gasteiger partial charge in [-0.1, -0.05) is 12.1 Å².